The van der Waals surface area contributed by atoms with Crippen molar-refractivity contribution in [3.63, 3.8) is 0 Å². The highest BCUT2D eigenvalue weighted by Crippen LogP contribution is 2.14. The molecule has 1 aromatic heterocycles. The second kappa shape index (κ2) is 5.54. The Balaban J connectivity index is 1.94. The van der Waals surface area contributed by atoms with Crippen LogP contribution >= 0.6 is 0 Å². The van der Waals surface area contributed by atoms with Crippen molar-refractivity contribution >= 4 is 5.91 Å². The summed E-state index contributed by atoms with van der Waals surface area (Å²) in [6.07, 6.45) is 1.56. The van der Waals surface area contributed by atoms with E-state index in [1.807, 2.05) is 17.9 Å². The number of nitrogens with zero attached hydrogens (tertiary/aromatic N) is 2. The van der Waals surface area contributed by atoms with E-state index in [0.717, 1.165) is 31.7 Å². The number of piperazine rings is 1. The first-order valence-corrected chi connectivity index (χ1v) is 6.41. The van der Waals surface area contributed by atoms with Gasteiger partial charge in [-0.3, -0.25) is 9.69 Å². The summed E-state index contributed by atoms with van der Waals surface area (Å²) < 4.78 is 5.25. The van der Waals surface area contributed by atoms with Gasteiger partial charge in [0.15, 0.2) is 5.76 Å². The van der Waals surface area contributed by atoms with E-state index in [9.17, 15) is 4.79 Å². The van der Waals surface area contributed by atoms with Crippen LogP contribution in [0.4, 0.5) is 0 Å². The number of carbonyl (C=O) groups is 1. The molecule has 1 fully saturated rings. The van der Waals surface area contributed by atoms with Crippen LogP contribution in [-0.4, -0.2) is 54.5 Å². The molecular formula is C13H21N3O2. The average molecular weight is 251 g/mol. The lowest BCUT2D eigenvalue weighted by atomic mass is 10.2. The van der Waals surface area contributed by atoms with Gasteiger partial charge in [0.1, 0.15) is 0 Å². The molecule has 1 aliphatic rings. The number of furan rings is 1. The molecule has 18 heavy (non-hydrogen) atoms. The maximum Gasteiger partial charge on any atom is 0.289 e. The predicted molar refractivity (Wildman–Crippen MR) is 69.4 cm³/mol. The van der Waals surface area contributed by atoms with Gasteiger partial charge in [-0.15, -0.1) is 0 Å². The lowest BCUT2D eigenvalue weighted by Gasteiger charge is -2.37. The molecule has 0 bridgehead atoms. The van der Waals surface area contributed by atoms with Gasteiger partial charge in [0.2, 0.25) is 0 Å². The third-order valence-electron chi connectivity index (χ3n) is 3.62. The Morgan fingerprint density at radius 1 is 1.44 bits per heavy atom. The monoisotopic (exact) mass is 251 g/mol. The number of amides is 1. The molecule has 2 N–H and O–H groups in total. The first-order chi connectivity index (χ1) is 8.63. The number of hydrogen-bond donors (Lipinski definition) is 1. The zero-order valence-corrected chi connectivity index (χ0v) is 11.1. The minimum Gasteiger partial charge on any atom is -0.459 e. The number of hydrogen-bond acceptors (Lipinski definition) is 4. The van der Waals surface area contributed by atoms with Crippen LogP contribution in [0.3, 0.4) is 0 Å². The fourth-order valence-electron chi connectivity index (χ4n) is 2.25. The Bertz CT molecular complexity index is 408. The van der Waals surface area contributed by atoms with Gasteiger partial charge in [0.05, 0.1) is 6.26 Å². The van der Waals surface area contributed by atoms with Gasteiger partial charge in [-0.05, 0) is 19.9 Å². The highest BCUT2D eigenvalue weighted by atomic mass is 16.3. The summed E-state index contributed by atoms with van der Waals surface area (Å²) in [4.78, 5) is 16.4. The van der Waals surface area contributed by atoms with Crippen LogP contribution < -0.4 is 5.73 Å². The Morgan fingerprint density at radius 3 is 2.61 bits per heavy atom. The molecule has 5 nitrogen and oxygen atoms in total. The molecule has 0 radical (unpaired) electrons. The maximum atomic E-state index is 12.2. The summed E-state index contributed by atoms with van der Waals surface area (Å²) in [6.45, 7) is 7.91. The van der Waals surface area contributed by atoms with Crippen LogP contribution in [0, 0.1) is 6.92 Å². The van der Waals surface area contributed by atoms with Gasteiger partial charge in [-0.2, -0.15) is 0 Å². The van der Waals surface area contributed by atoms with E-state index in [2.05, 4.69) is 11.8 Å². The lowest BCUT2D eigenvalue weighted by molar-refractivity contribution is 0.0559. The van der Waals surface area contributed by atoms with E-state index >= 15 is 0 Å². The third-order valence-corrected chi connectivity index (χ3v) is 3.62. The number of nitrogens with two attached hydrogens (primary N) is 1. The van der Waals surface area contributed by atoms with Gasteiger partial charge in [-0.25, -0.2) is 0 Å². The largest absolute Gasteiger partial charge is 0.459 e. The summed E-state index contributed by atoms with van der Waals surface area (Å²) in [5, 5.41) is 0. The molecule has 0 aliphatic carbocycles. The summed E-state index contributed by atoms with van der Waals surface area (Å²) in [5.74, 6) is 0.466. The van der Waals surface area contributed by atoms with Crippen molar-refractivity contribution in [3.8, 4) is 0 Å². The van der Waals surface area contributed by atoms with Crippen LogP contribution in [-0.2, 0) is 0 Å². The highest BCUT2D eigenvalue weighted by molar-refractivity contribution is 5.92. The van der Waals surface area contributed by atoms with Crippen LogP contribution in [0.2, 0.25) is 0 Å². The zero-order valence-electron chi connectivity index (χ0n) is 11.1. The minimum absolute atomic E-state index is 0.00227. The zero-order chi connectivity index (χ0) is 13.1. The van der Waals surface area contributed by atoms with Crippen LogP contribution in [0.1, 0.15) is 23.0 Å². The first kappa shape index (κ1) is 13.1. The normalized spacial score (nSPS) is 18.9. The van der Waals surface area contributed by atoms with Crippen LogP contribution in [0.5, 0.6) is 0 Å². The van der Waals surface area contributed by atoms with Crippen molar-refractivity contribution in [1.29, 1.82) is 0 Å². The molecule has 100 valence electrons. The lowest BCUT2D eigenvalue weighted by Crippen LogP contribution is -2.52. The van der Waals surface area contributed by atoms with E-state index in [1.165, 1.54) is 0 Å². The molecule has 0 spiro atoms. The first-order valence-electron chi connectivity index (χ1n) is 6.41. The molecule has 1 aromatic rings. The second-order valence-corrected chi connectivity index (χ2v) is 4.85. The molecule has 5 heteroatoms. The van der Waals surface area contributed by atoms with Gasteiger partial charge in [0, 0.05) is 44.3 Å². The summed E-state index contributed by atoms with van der Waals surface area (Å²) >= 11 is 0. The third kappa shape index (κ3) is 2.57. The van der Waals surface area contributed by atoms with E-state index < -0.39 is 0 Å². The Morgan fingerprint density at radius 2 is 2.11 bits per heavy atom. The molecule has 0 saturated carbocycles. The van der Waals surface area contributed by atoms with Gasteiger partial charge in [-0.1, -0.05) is 0 Å². The maximum absolute atomic E-state index is 12.2. The molecule has 1 unspecified atom stereocenters. The van der Waals surface area contributed by atoms with Crippen LogP contribution in [0.25, 0.3) is 0 Å². The van der Waals surface area contributed by atoms with E-state index in [4.69, 9.17) is 10.2 Å². The standard InChI is InChI=1S/C13H21N3O2/c1-10-3-8-18-12(10)13(17)16-6-4-15(5-7-16)11(2)9-14/h3,8,11H,4-7,9,14H2,1-2H3. The smallest absolute Gasteiger partial charge is 0.289 e. The quantitative estimate of drug-likeness (QED) is 0.858. The summed E-state index contributed by atoms with van der Waals surface area (Å²) in [6, 6.07) is 2.20. The van der Waals surface area contributed by atoms with Crippen molar-refractivity contribution in [3.05, 3.63) is 23.7 Å². The topological polar surface area (TPSA) is 62.7 Å². The van der Waals surface area contributed by atoms with Crippen molar-refractivity contribution < 1.29 is 9.21 Å². The van der Waals surface area contributed by atoms with Gasteiger partial charge in [0.25, 0.3) is 5.91 Å². The van der Waals surface area contributed by atoms with Crippen molar-refractivity contribution in [2.75, 3.05) is 32.7 Å². The summed E-state index contributed by atoms with van der Waals surface area (Å²) in [5.41, 5.74) is 6.56. The Kier molecular flexibility index (Phi) is 4.04. The highest BCUT2D eigenvalue weighted by Gasteiger charge is 2.26. The van der Waals surface area contributed by atoms with E-state index in [1.54, 1.807) is 6.26 Å². The average Bonchev–Trinajstić information content (AvgIpc) is 2.83. The second-order valence-electron chi connectivity index (χ2n) is 4.85. The molecule has 2 heterocycles. The van der Waals surface area contributed by atoms with Crippen molar-refractivity contribution in [2.45, 2.75) is 19.9 Å². The van der Waals surface area contributed by atoms with Gasteiger partial charge >= 0.3 is 0 Å². The fraction of sp³-hybridized carbons (Fsp3) is 0.615. The Labute approximate surface area is 108 Å². The van der Waals surface area contributed by atoms with Crippen molar-refractivity contribution in [2.24, 2.45) is 5.73 Å². The fourth-order valence-corrected chi connectivity index (χ4v) is 2.25. The number of carbonyl (C=O) groups excluding carboxylic acids is 1. The molecule has 0 aromatic carbocycles. The molecule has 1 amide bonds. The van der Waals surface area contributed by atoms with Crippen molar-refractivity contribution in [1.82, 2.24) is 9.80 Å². The molecule has 1 aliphatic heterocycles. The van der Waals surface area contributed by atoms with E-state index in [0.29, 0.717) is 18.3 Å². The minimum atomic E-state index is -0.00227. The van der Waals surface area contributed by atoms with Crippen LogP contribution in [0.15, 0.2) is 16.7 Å². The van der Waals surface area contributed by atoms with Gasteiger partial charge < -0.3 is 15.1 Å². The molecule has 1 saturated heterocycles. The number of aryl methyl sites for hydroxylation is 1. The SMILES string of the molecule is Cc1ccoc1C(=O)N1CCN(C(C)CN)CC1. The molecule has 2 rings (SSSR count). The predicted octanol–water partition coefficient (Wildman–Crippen LogP) is 0.693. The summed E-state index contributed by atoms with van der Waals surface area (Å²) in [7, 11) is 0. The molecule has 1 atom stereocenters. The number of rotatable bonds is 3. The van der Waals surface area contributed by atoms with E-state index in [-0.39, 0.29) is 5.91 Å². The Hall–Kier alpha value is -1.33. The molecular weight excluding hydrogens is 230 g/mol.